The number of hydrogen-bond acceptors (Lipinski definition) is 4. The third-order valence-electron chi connectivity index (χ3n) is 1.89. The first kappa shape index (κ1) is 13.0. The van der Waals surface area contributed by atoms with Gasteiger partial charge in [0.2, 0.25) is 5.91 Å². The quantitative estimate of drug-likeness (QED) is 0.451. The molecule has 0 bridgehead atoms. The molecule has 1 N–H and O–H groups in total. The van der Waals surface area contributed by atoms with Gasteiger partial charge in [0.25, 0.3) is 0 Å². The van der Waals surface area contributed by atoms with E-state index in [0.717, 1.165) is 13.6 Å². The Hall–Kier alpha value is -0.410. The summed E-state index contributed by atoms with van der Waals surface area (Å²) in [5, 5.41) is 11.0. The molecule has 17 heavy (non-hydrogen) atoms. The van der Waals surface area contributed by atoms with E-state index in [9.17, 15) is 4.79 Å². The third-order valence-corrected chi connectivity index (χ3v) is 5.09. The van der Waals surface area contributed by atoms with Crippen LogP contribution in [0.2, 0.25) is 0 Å². The number of amidine groups is 1. The molecule has 1 aliphatic rings. The van der Waals surface area contributed by atoms with E-state index >= 15 is 0 Å². The number of amides is 1. The lowest BCUT2D eigenvalue weighted by Crippen LogP contribution is -2.19. The SMILES string of the molecule is O=C1CSC(=NN=Cc2ccc(I)c(Br)c2)N1. The number of nitrogens with one attached hydrogen (secondary N) is 1. The zero-order valence-electron chi connectivity index (χ0n) is 8.48. The number of carbonyl (C=O) groups is 1. The molecule has 0 spiro atoms. The largest absolute Gasteiger partial charge is 0.303 e. The van der Waals surface area contributed by atoms with Crippen LogP contribution in [-0.4, -0.2) is 23.0 Å². The lowest BCUT2D eigenvalue weighted by Gasteiger charge is -1.96. The molecule has 0 aliphatic carbocycles. The summed E-state index contributed by atoms with van der Waals surface area (Å²) in [4.78, 5) is 10.9. The predicted molar refractivity (Wildman–Crippen MR) is 82.5 cm³/mol. The van der Waals surface area contributed by atoms with Crippen molar-refractivity contribution in [3.63, 3.8) is 0 Å². The molecule has 1 amide bonds. The number of hydrogen-bond donors (Lipinski definition) is 1. The average Bonchev–Trinajstić information content (AvgIpc) is 2.70. The Bertz CT molecular complexity index is 518. The molecule has 88 valence electrons. The molecule has 1 saturated heterocycles. The molecule has 0 saturated carbocycles. The number of halogens is 2. The van der Waals surface area contributed by atoms with E-state index < -0.39 is 0 Å². The van der Waals surface area contributed by atoms with Crippen molar-refractivity contribution in [2.45, 2.75) is 0 Å². The van der Waals surface area contributed by atoms with Gasteiger partial charge >= 0.3 is 0 Å². The second kappa shape index (κ2) is 5.96. The van der Waals surface area contributed by atoms with Crippen molar-refractivity contribution in [1.29, 1.82) is 0 Å². The van der Waals surface area contributed by atoms with E-state index in [1.54, 1.807) is 6.21 Å². The van der Waals surface area contributed by atoms with Crippen LogP contribution in [0.25, 0.3) is 0 Å². The smallest absolute Gasteiger partial charge is 0.236 e. The Morgan fingerprint density at radius 2 is 2.35 bits per heavy atom. The van der Waals surface area contributed by atoms with Crippen LogP contribution in [0.3, 0.4) is 0 Å². The van der Waals surface area contributed by atoms with E-state index in [4.69, 9.17) is 0 Å². The monoisotopic (exact) mass is 423 g/mol. The molecular weight excluding hydrogens is 417 g/mol. The van der Waals surface area contributed by atoms with E-state index in [1.165, 1.54) is 11.8 Å². The maximum absolute atomic E-state index is 10.9. The van der Waals surface area contributed by atoms with Crippen LogP contribution < -0.4 is 5.32 Å². The van der Waals surface area contributed by atoms with E-state index in [2.05, 4.69) is 54.0 Å². The zero-order valence-corrected chi connectivity index (χ0v) is 13.0. The summed E-state index contributed by atoms with van der Waals surface area (Å²) in [6.07, 6.45) is 1.65. The highest BCUT2D eigenvalue weighted by molar-refractivity contribution is 14.1. The van der Waals surface area contributed by atoms with Crippen LogP contribution in [0, 0.1) is 3.57 Å². The normalized spacial score (nSPS) is 18.0. The molecule has 1 aromatic rings. The molecule has 0 unspecified atom stereocenters. The standard InChI is InChI=1S/C10H7BrIN3OS/c11-7-3-6(1-2-8(7)12)4-13-15-10-14-9(16)5-17-10/h1-4H,5H2,(H,14,15,16). The van der Waals surface area contributed by atoms with Crippen LogP contribution in [0.1, 0.15) is 5.56 Å². The summed E-state index contributed by atoms with van der Waals surface area (Å²) >= 11 is 7.04. The van der Waals surface area contributed by atoms with Gasteiger partial charge in [-0.2, -0.15) is 5.10 Å². The fourth-order valence-electron chi connectivity index (χ4n) is 1.12. The minimum Gasteiger partial charge on any atom is -0.303 e. The van der Waals surface area contributed by atoms with Gasteiger partial charge in [-0.15, -0.1) is 5.10 Å². The molecule has 0 aromatic heterocycles. The number of benzene rings is 1. The average molecular weight is 424 g/mol. The summed E-state index contributed by atoms with van der Waals surface area (Å²) in [5.74, 6) is 0.393. The third kappa shape index (κ3) is 3.78. The molecule has 1 fully saturated rings. The minimum absolute atomic E-state index is 0.0269. The van der Waals surface area contributed by atoms with Gasteiger partial charge in [-0.1, -0.05) is 17.8 Å². The van der Waals surface area contributed by atoms with Crippen molar-refractivity contribution in [2.24, 2.45) is 10.2 Å². The van der Waals surface area contributed by atoms with Gasteiger partial charge in [0.15, 0.2) is 5.17 Å². The molecule has 0 radical (unpaired) electrons. The minimum atomic E-state index is -0.0269. The fourth-order valence-corrected chi connectivity index (χ4v) is 2.48. The van der Waals surface area contributed by atoms with E-state index in [1.807, 2.05) is 18.2 Å². The predicted octanol–water partition coefficient (Wildman–Crippen LogP) is 2.61. The molecule has 1 heterocycles. The first-order valence-corrected chi connectivity index (χ1v) is 7.49. The maximum Gasteiger partial charge on any atom is 0.236 e. The van der Waals surface area contributed by atoms with Crippen LogP contribution in [-0.2, 0) is 4.79 Å². The Labute approximate surface area is 125 Å². The lowest BCUT2D eigenvalue weighted by atomic mass is 10.2. The Morgan fingerprint density at radius 1 is 1.53 bits per heavy atom. The van der Waals surface area contributed by atoms with Crippen LogP contribution >= 0.6 is 50.3 Å². The highest BCUT2D eigenvalue weighted by atomic mass is 127. The maximum atomic E-state index is 10.9. The highest BCUT2D eigenvalue weighted by Gasteiger charge is 2.15. The van der Waals surface area contributed by atoms with Gasteiger partial charge in [-0.25, -0.2) is 0 Å². The second-order valence-electron chi connectivity index (χ2n) is 3.16. The topological polar surface area (TPSA) is 53.8 Å². The van der Waals surface area contributed by atoms with Crippen LogP contribution in [0.4, 0.5) is 0 Å². The van der Waals surface area contributed by atoms with Gasteiger partial charge < -0.3 is 5.32 Å². The first-order chi connectivity index (χ1) is 8.15. The Balaban J connectivity index is 2.05. The molecule has 1 aliphatic heterocycles. The van der Waals surface area contributed by atoms with E-state index in [-0.39, 0.29) is 5.91 Å². The van der Waals surface area contributed by atoms with Crippen molar-refractivity contribution in [3.05, 3.63) is 31.8 Å². The van der Waals surface area contributed by atoms with Crippen molar-refractivity contribution >= 4 is 67.6 Å². The number of nitrogens with zero attached hydrogens (tertiary/aromatic N) is 2. The summed E-state index contributed by atoms with van der Waals surface area (Å²) in [7, 11) is 0. The van der Waals surface area contributed by atoms with Crippen LogP contribution in [0.15, 0.2) is 32.9 Å². The van der Waals surface area contributed by atoms with Crippen molar-refractivity contribution < 1.29 is 4.79 Å². The molecule has 7 heteroatoms. The Kier molecular flexibility index (Phi) is 4.57. The Morgan fingerprint density at radius 3 is 3.00 bits per heavy atom. The highest BCUT2D eigenvalue weighted by Crippen LogP contribution is 2.19. The molecule has 1 aromatic carbocycles. The van der Waals surface area contributed by atoms with Crippen molar-refractivity contribution in [1.82, 2.24) is 5.32 Å². The molecule has 2 rings (SSSR count). The summed E-state index contributed by atoms with van der Waals surface area (Å²) in [6, 6.07) is 5.91. The molecular formula is C10H7BrIN3OS. The number of carbonyl (C=O) groups excluding carboxylic acids is 1. The molecule has 0 atom stereocenters. The van der Waals surface area contributed by atoms with Crippen LogP contribution in [0.5, 0.6) is 0 Å². The van der Waals surface area contributed by atoms with Crippen molar-refractivity contribution in [2.75, 3.05) is 5.75 Å². The molecule has 4 nitrogen and oxygen atoms in total. The second-order valence-corrected chi connectivity index (χ2v) is 6.14. The van der Waals surface area contributed by atoms with Gasteiger partial charge in [0, 0.05) is 8.04 Å². The fraction of sp³-hybridized carbons (Fsp3) is 0.100. The lowest BCUT2D eigenvalue weighted by molar-refractivity contribution is -0.116. The van der Waals surface area contributed by atoms with Gasteiger partial charge in [0.1, 0.15) is 0 Å². The summed E-state index contributed by atoms with van der Waals surface area (Å²) in [6.45, 7) is 0. The van der Waals surface area contributed by atoms with Gasteiger partial charge in [-0.3, -0.25) is 4.79 Å². The first-order valence-electron chi connectivity index (χ1n) is 4.64. The zero-order chi connectivity index (χ0) is 12.3. The van der Waals surface area contributed by atoms with Gasteiger partial charge in [0.05, 0.1) is 12.0 Å². The number of rotatable bonds is 2. The van der Waals surface area contributed by atoms with E-state index in [0.29, 0.717) is 10.9 Å². The van der Waals surface area contributed by atoms with Gasteiger partial charge in [-0.05, 0) is 56.2 Å². The number of thioether (sulfide) groups is 1. The summed E-state index contributed by atoms with van der Waals surface area (Å²) < 4.78 is 2.17. The van der Waals surface area contributed by atoms with Crippen molar-refractivity contribution in [3.8, 4) is 0 Å². The summed E-state index contributed by atoms with van der Waals surface area (Å²) in [5.41, 5.74) is 0.955.